The van der Waals surface area contributed by atoms with Crippen molar-refractivity contribution in [3.63, 3.8) is 0 Å². The summed E-state index contributed by atoms with van der Waals surface area (Å²) < 4.78 is 32.4. The number of carbonyl (C=O) groups is 1. The molecule has 1 N–H and O–H groups in total. The Morgan fingerprint density at radius 2 is 2.00 bits per heavy atom. The zero-order chi connectivity index (χ0) is 20.6. The van der Waals surface area contributed by atoms with Gasteiger partial charge in [-0.1, -0.05) is 46.8 Å². The Morgan fingerprint density at radius 3 is 2.69 bits per heavy atom. The molecule has 4 rings (SSSR count). The molecule has 2 aromatic heterocycles. The van der Waals surface area contributed by atoms with Gasteiger partial charge in [0.05, 0.1) is 0 Å². The highest BCUT2D eigenvalue weighted by atomic mass is 32.2. The second-order valence-corrected chi connectivity index (χ2v) is 9.50. The van der Waals surface area contributed by atoms with Gasteiger partial charge in [-0.3, -0.25) is 10.1 Å². The molecular weight excluding hydrogens is 414 g/mol. The summed E-state index contributed by atoms with van der Waals surface area (Å²) in [5.74, 6) is -0.209. The van der Waals surface area contributed by atoms with E-state index in [2.05, 4.69) is 20.7 Å². The van der Waals surface area contributed by atoms with Gasteiger partial charge in [-0.05, 0) is 26.7 Å². The number of benzene rings is 1. The van der Waals surface area contributed by atoms with Crippen LogP contribution in [0.4, 0.5) is 5.13 Å². The lowest BCUT2D eigenvalue weighted by Crippen LogP contribution is -2.43. The van der Waals surface area contributed by atoms with Crippen LogP contribution in [0.5, 0.6) is 0 Å². The second-order valence-electron chi connectivity index (χ2n) is 6.69. The lowest BCUT2D eigenvalue weighted by atomic mass is 10.2. The molecule has 0 aliphatic carbocycles. The van der Waals surface area contributed by atoms with Crippen molar-refractivity contribution in [1.29, 1.82) is 0 Å². The van der Waals surface area contributed by atoms with Crippen molar-refractivity contribution in [1.82, 2.24) is 19.7 Å². The summed E-state index contributed by atoms with van der Waals surface area (Å²) >= 11 is 1.24. The Morgan fingerprint density at radius 1 is 1.24 bits per heavy atom. The standard InChI is InChI=1S/C18H19N5O4S2/c1-11-15(12(2)27-22-11)29(25,26)23-10-6-9-14(23)16(24)19-18-21-20-17(28-18)13-7-4-3-5-8-13/h3-5,7-8,14H,6,9-10H2,1-2H3,(H,19,21,24)/t14-/m0/s1. The number of anilines is 1. The molecule has 1 aromatic carbocycles. The maximum absolute atomic E-state index is 13.1. The molecular formula is C18H19N5O4S2. The minimum Gasteiger partial charge on any atom is -0.360 e. The highest BCUT2D eigenvalue weighted by molar-refractivity contribution is 7.89. The quantitative estimate of drug-likeness (QED) is 0.657. The van der Waals surface area contributed by atoms with Gasteiger partial charge in [-0.25, -0.2) is 8.42 Å². The van der Waals surface area contributed by atoms with E-state index in [9.17, 15) is 13.2 Å². The van der Waals surface area contributed by atoms with Gasteiger partial charge in [0, 0.05) is 12.1 Å². The van der Waals surface area contributed by atoms with Crippen molar-refractivity contribution in [3.05, 3.63) is 41.8 Å². The first-order valence-electron chi connectivity index (χ1n) is 9.02. The average molecular weight is 434 g/mol. The molecule has 0 saturated carbocycles. The highest BCUT2D eigenvalue weighted by Crippen LogP contribution is 2.31. The largest absolute Gasteiger partial charge is 0.360 e. The highest BCUT2D eigenvalue weighted by Gasteiger charge is 2.42. The van der Waals surface area contributed by atoms with Crippen LogP contribution in [0.1, 0.15) is 24.3 Å². The third-order valence-electron chi connectivity index (χ3n) is 4.72. The summed E-state index contributed by atoms with van der Waals surface area (Å²) in [6, 6.07) is 8.68. The summed E-state index contributed by atoms with van der Waals surface area (Å²) in [6.07, 6.45) is 1.02. The van der Waals surface area contributed by atoms with Crippen LogP contribution in [0.15, 0.2) is 39.8 Å². The molecule has 0 unspecified atom stereocenters. The van der Waals surface area contributed by atoms with Crippen LogP contribution >= 0.6 is 11.3 Å². The van der Waals surface area contributed by atoms with E-state index in [1.807, 2.05) is 30.3 Å². The molecule has 0 bridgehead atoms. The Labute approximate surface area is 171 Å². The Kier molecular flexibility index (Phi) is 5.19. The fourth-order valence-electron chi connectivity index (χ4n) is 3.41. The molecule has 1 saturated heterocycles. The van der Waals surface area contributed by atoms with Gasteiger partial charge in [-0.15, -0.1) is 10.2 Å². The number of hydrogen-bond donors (Lipinski definition) is 1. The predicted molar refractivity (Wildman–Crippen MR) is 107 cm³/mol. The lowest BCUT2D eigenvalue weighted by molar-refractivity contribution is -0.119. The number of hydrogen-bond acceptors (Lipinski definition) is 8. The zero-order valence-corrected chi connectivity index (χ0v) is 17.5. The van der Waals surface area contributed by atoms with E-state index in [-0.39, 0.29) is 22.9 Å². The van der Waals surface area contributed by atoms with Crippen molar-refractivity contribution in [2.75, 3.05) is 11.9 Å². The van der Waals surface area contributed by atoms with E-state index >= 15 is 0 Å². The van der Waals surface area contributed by atoms with E-state index < -0.39 is 22.0 Å². The smallest absolute Gasteiger partial charge is 0.249 e. The Bertz CT molecular complexity index is 1120. The van der Waals surface area contributed by atoms with E-state index in [0.717, 1.165) is 5.56 Å². The number of aromatic nitrogens is 3. The van der Waals surface area contributed by atoms with Crippen LogP contribution in [0.2, 0.25) is 0 Å². The molecule has 9 nitrogen and oxygen atoms in total. The summed E-state index contributed by atoms with van der Waals surface area (Å²) in [7, 11) is -3.90. The third kappa shape index (κ3) is 3.68. The fraction of sp³-hybridized carbons (Fsp3) is 0.333. The third-order valence-corrected chi connectivity index (χ3v) is 7.76. The molecule has 29 heavy (non-hydrogen) atoms. The van der Waals surface area contributed by atoms with Gasteiger partial charge in [0.2, 0.25) is 21.1 Å². The molecule has 11 heteroatoms. The SMILES string of the molecule is Cc1noc(C)c1S(=O)(=O)N1CCC[C@H]1C(=O)Nc1nnc(-c2ccccc2)s1. The summed E-state index contributed by atoms with van der Waals surface area (Å²) in [5, 5.41) is 15.6. The van der Waals surface area contributed by atoms with Crippen molar-refractivity contribution >= 4 is 32.4 Å². The fourth-order valence-corrected chi connectivity index (χ4v) is 6.11. The molecule has 0 radical (unpaired) electrons. The topological polar surface area (TPSA) is 118 Å². The number of rotatable bonds is 5. The first-order chi connectivity index (χ1) is 13.9. The Balaban J connectivity index is 1.54. The maximum atomic E-state index is 13.1. The Hall–Kier alpha value is -2.63. The van der Waals surface area contributed by atoms with E-state index in [1.54, 1.807) is 13.8 Å². The second kappa shape index (κ2) is 7.65. The van der Waals surface area contributed by atoms with Gasteiger partial charge < -0.3 is 4.52 Å². The zero-order valence-electron chi connectivity index (χ0n) is 15.8. The summed E-state index contributed by atoms with van der Waals surface area (Å²) in [4.78, 5) is 12.9. The van der Waals surface area contributed by atoms with Crippen LogP contribution in [0.25, 0.3) is 10.6 Å². The maximum Gasteiger partial charge on any atom is 0.249 e. The number of sulfonamides is 1. The summed E-state index contributed by atoms with van der Waals surface area (Å²) in [6.45, 7) is 3.38. The van der Waals surface area contributed by atoms with Crippen LogP contribution in [0.3, 0.4) is 0 Å². The molecule has 1 atom stereocenters. The summed E-state index contributed by atoms with van der Waals surface area (Å²) in [5.41, 5.74) is 1.18. The minimum atomic E-state index is -3.90. The molecule has 1 aliphatic heterocycles. The average Bonchev–Trinajstić information content (AvgIpc) is 3.43. The van der Waals surface area contributed by atoms with E-state index in [1.165, 1.54) is 15.6 Å². The minimum absolute atomic E-state index is 0.0273. The number of nitrogens with zero attached hydrogens (tertiary/aromatic N) is 4. The number of amides is 1. The monoisotopic (exact) mass is 433 g/mol. The first-order valence-corrected chi connectivity index (χ1v) is 11.3. The van der Waals surface area contributed by atoms with Gasteiger partial charge >= 0.3 is 0 Å². The predicted octanol–water partition coefficient (Wildman–Crippen LogP) is 2.60. The molecule has 1 fully saturated rings. The van der Waals surface area contributed by atoms with E-state index in [4.69, 9.17) is 4.52 Å². The number of nitrogens with one attached hydrogen (secondary N) is 1. The van der Waals surface area contributed by atoms with Gasteiger partial charge in [0.15, 0.2) is 5.76 Å². The number of aryl methyl sites for hydroxylation is 2. The van der Waals surface area contributed by atoms with Gasteiger partial charge in [0.25, 0.3) is 0 Å². The van der Waals surface area contributed by atoms with Gasteiger partial charge in [0.1, 0.15) is 21.6 Å². The molecule has 3 aromatic rings. The van der Waals surface area contributed by atoms with Crippen LogP contribution < -0.4 is 5.32 Å². The van der Waals surface area contributed by atoms with Crippen molar-refractivity contribution < 1.29 is 17.7 Å². The molecule has 3 heterocycles. The van der Waals surface area contributed by atoms with E-state index in [0.29, 0.717) is 23.0 Å². The van der Waals surface area contributed by atoms with Crippen LogP contribution in [0, 0.1) is 13.8 Å². The lowest BCUT2D eigenvalue weighted by Gasteiger charge is -2.22. The molecule has 0 spiro atoms. The molecule has 152 valence electrons. The molecule has 1 aliphatic rings. The first kappa shape index (κ1) is 19.7. The van der Waals surface area contributed by atoms with Crippen LogP contribution in [-0.2, 0) is 14.8 Å². The van der Waals surface area contributed by atoms with Gasteiger partial charge in [-0.2, -0.15) is 4.31 Å². The van der Waals surface area contributed by atoms with Crippen molar-refractivity contribution in [2.45, 2.75) is 37.6 Å². The van der Waals surface area contributed by atoms with Crippen molar-refractivity contribution in [3.8, 4) is 10.6 Å². The number of carbonyl (C=O) groups excluding carboxylic acids is 1. The normalized spacial score (nSPS) is 17.5. The van der Waals surface area contributed by atoms with Crippen LogP contribution in [-0.4, -0.2) is 46.6 Å². The molecule has 1 amide bonds. The van der Waals surface area contributed by atoms with Crippen molar-refractivity contribution in [2.24, 2.45) is 0 Å².